The van der Waals surface area contributed by atoms with Crippen LogP contribution in [0.25, 0.3) is 0 Å². The zero-order chi connectivity index (χ0) is 13.3. The van der Waals surface area contributed by atoms with Crippen LogP contribution in [0.1, 0.15) is 26.3 Å². The van der Waals surface area contributed by atoms with Crippen LogP contribution in [0.5, 0.6) is 0 Å². The van der Waals surface area contributed by atoms with E-state index in [1.165, 1.54) is 32.9 Å². The maximum absolute atomic E-state index is 10.5. The molecule has 0 aliphatic carbocycles. The van der Waals surface area contributed by atoms with Crippen molar-refractivity contribution in [1.82, 2.24) is 0 Å². The fraction of sp³-hybridized carbons (Fsp3) is 0.500. The van der Waals surface area contributed by atoms with Gasteiger partial charge in [0.1, 0.15) is 0 Å². The van der Waals surface area contributed by atoms with Gasteiger partial charge in [-0.3, -0.25) is 10.1 Å². The maximum Gasteiger partial charge on any atom is 0.269 e. The van der Waals surface area contributed by atoms with Crippen LogP contribution < -0.4 is 0 Å². The topological polar surface area (TPSA) is 83.6 Å². The lowest BCUT2D eigenvalue weighted by molar-refractivity contribution is -0.384. The van der Waals surface area contributed by atoms with Gasteiger partial charge in [0.15, 0.2) is 0 Å². The molecule has 0 aliphatic rings. The maximum atomic E-state index is 10.5. The Balaban J connectivity index is 2.86. The van der Waals surface area contributed by atoms with Crippen molar-refractivity contribution in [3.63, 3.8) is 0 Å². The highest BCUT2D eigenvalue weighted by Gasteiger charge is 2.37. The summed E-state index contributed by atoms with van der Waals surface area (Å²) in [5, 5.41) is 30.4. The van der Waals surface area contributed by atoms with Gasteiger partial charge in [-0.25, -0.2) is 0 Å². The number of hydrogen-bond acceptors (Lipinski definition) is 4. The van der Waals surface area contributed by atoms with Crippen molar-refractivity contribution in [2.45, 2.75) is 38.4 Å². The fourth-order valence-electron chi connectivity index (χ4n) is 1.35. The summed E-state index contributed by atoms with van der Waals surface area (Å²) in [6.07, 6.45) is 0.231. The highest BCUT2D eigenvalue weighted by molar-refractivity contribution is 5.33. The molecule has 17 heavy (non-hydrogen) atoms. The molecule has 1 rings (SSSR count). The fourth-order valence-corrected chi connectivity index (χ4v) is 1.35. The smallest absolute Gasteiger partial charge is 0.269 e. The molecule has 0 saturated heterocycles. The first kappa shape index (κ1) is 13.6. The molecular formula is C12H17NO4. The molecule has 0 aromatic heterocycles. The second-order valence-corrected chi connectivity index (χ2v) is 4.93. The van der Waals surface area contributed by atoms with E-state index < -0.39 is 16.1 Å². The van der Waals surface area contributed by atoms with Gasteiger partial charge >= 0.3 is 0 Å². The Morgan fingerprint density at radius 3 is 2.00 bits per heavy atom. The number of aliphatic hydroxyl groups is 2. The third-order valence-electron chi connectivity index (χ3n) is 3.01. The first-order valence-electron chi connectivity index (χ1n) is 5.31. The standard InChI is InChI=1S/C12H17NO4/c1-11(2,14)12(3,15)8-9-4-6-10(7-5-9)13(16)17/h4-7,14-15H,8H2,1-3H3. The number of nitrogens with zero attached hydrogens (tertiary/aromatic N) is 1. The van der Waals surface area contributed by atoms with Gasteiger partial charge in [0.2, 0.25) is 0 Å². The molecule has 0 radical (unpaired) electrons. The lowest BCUT2D eigenvalue weighted by Crippen LogP contribution is -2.49. The number of nitro benzene ring substituents is 1. The Kier molecular flexibility index (Phi) is 3.54. The first-order chi connectivity index (χ1) is 7.63. The average Bonchev–Trinajstić information content (AvgIpc) is 2.16. The molecule has 0 fully saturated rings. The molecule has 1 unspecified atom stereocenters. The predicted octanol–water partition coefficient (Wildman–Crippen LogP) is 1.66. The summed E-state index contributed by atoms with van der Waals surface area (Å²) in [5.41, 5.74) is -1.78. The van der Waals surface area contributed by atoms with Crippen LogP contribution in [0, 0.1) is 10.1 Å². The van der Waals surface area contributed by atoms with E-state index in [1.807, 2.05) is 0 Å². The SMILES string of the molecule is CC(C)(O)C(C)(O)Cc1ccc([N+](=O)[O-])cc1. The summed E-state index contributed by atoms with van der Waals surface area (Å²) in [6.45, 7) is 4.59. The first-order valence-corrected chi connectivity index (χ1v) is 5.31. The molecule has 0 spiro atoms. The summed E-state index contributed by atoms with van der Waals surface area (Å²) < 4.78 is 0. The van der Waals surface area contributed by atoms with E-state index in [4.69, 9.17) is 0 Å². The van der Waals surface area contributed by atoms with E-state index in [9.17, 15) is 20.3 Å². The molecule has 5 heteroatoms. The molecule has 0 amide bonds. The molecule has 1 aromatic carbocycles. The van der Waals surface area contributed by atoms with E-state index >= 15 is 0 Å². The zero-order valence-electron chi connectivity index (χ0n) is 10.2. The number of rotatable bonds is 4. The molecule has 94 valence electrons. The van der Waals surface area contributed by atoms with Crippen LogP contribution in [0.2, 0.25) is 0 Å². The Labute approximate surface area is 99.9 Å². The van der Waals surface area contributed by atoms with Crippen LogP contribution in [0.15, 0.2) is 24.3 Å². The third kappa shape index (κ3) is 3.25. The molecule has 0 saturated carbocycles. The van der Waals surface area contributed by atoms with Crippen molar-refractivity contribution < 1.29 is 15.1 Å². The Morgan fingerprint density at radius 1 is 1.18 bits per heavy atom. The Hall–Kier alpha value is -1.46. The number of benzene rings is 1. The predicted molar refractivity (Wildman–Crippen MR) is 63.7 cm³/mol. The van der Waals surface area contributed by atoms with E-state index in [0.717, 1.165) is 5.56 Å². The lowest BCUT2D eigenvalue weighted by atomic mass is 9.82. The molecular weight excluding hydrogens is 222 g/mol. The molecule has 0 aliphatic heterocycles. The summed E-state index contributed by atoms with van der Waals surface area (Å²) in [5.74, 6) is 0. The monoisotopic (exact) mass is 239 g/mol. The van der Waals surface area contributed by atoms with Gasteiger partial charge in [-0.05, 0) is 26.3 Å². The van der Waals surface area contributed by atoms with E-state index in [-0.39, 0.29) is 12.1 Å². The second kappa shape index (κ2) is 4.43. The Morgan fingerprint density at radius 2 is 1.65 bits per heavy atom. The Bertz CT molecular complexity index is 404. The summed E-state index contributed by atoms with van der Waals surface area (Å²) in [6, 6.07) is 5.93. The van der Waals surface area contributed by atoms with Crippen LogP contribution in [-0.2, 0) is 6.42 Å². The van der Waals surface area contributed by atoms with Crippen molar-refractivity contribution in [3.8, 4) is 0 Å². The number of nitro groups is 1. The molecule has 1 atom stereocenters. The molecule has 0 heterocycles. The number of hydrogen-bond donors (Lipinski definition) is 2. The number of non-ortho nitro benzene ring substituents is 1. The average molecular weight is 239 g/mol. The van der Waals surface area contributed by atoms with Gasteiger partial charge in [-0.1, -0.05) is 12.1 Å². The highest BCUT2D eigenvalue weighted by atomic mass is 16.6. The summed E-state index contributed by atoms with van der Waals surface area (Å²) in [7, 11) is 0. The summed E-state index contributed by atoms with van der Waals surface area (Å²) >= 11 is 0. The van der Waals surface area contributed by atoms with Gasteiger partial charge in [0, 0.05) is 18.6 Å². The van der Waals surface area contributed by atoms with Gasteiger partial charge in [-0.15, -0.1) is 0 Å². The van der Waals surface area contributed by atoms with Gasteiger partial charge in [0.05, 0.1) is 16.1 Å². The van der Waals surface area contributed by atoms with Crippen molar-refractivity contribution in [2.75, 3.05) is 0 Å². The normalized spacial score (nSPS) is 15.4. The minimum atomic E-state index is -1.29. The van der Waals surface area contributed by atoms with Crippen molar-refractivity contribution >= 4 is 5.69 Å². The zero-order valence-corrected chi connectivity index (χ0v) is 10.2. The van der Waals surface area contributed by atoms with Crippen LogP contribution >= 0.6 is 0 Å². The van der Waals surface area contributed by atoms with Gasteiger partial charge < -0.3 is 10.2 Å². The molecule has 5 nitrogen and oxygen atoms in total. The van der Waals surface area contributed by atoms with Crippen molar-refractivity contribution in [2.24, 2.45) is 0 Å². The third-order valence-corrected chi connectivity index (χ3v) is 3.01. The van der Waals surface area contributed by atoms with Crippen LogP contribution in [0.3, 0.4) is 0 Å². The van der Waals surface area contributed by atoms with Crippen LogP contribution in [-0.4, -0.2) is 26.3 Å². The highest BCUT2D eigenvalue weighted by Crippen LogP contribution is 2.26. The van der Waals surface area contributed by atoms with E-state index in [1.54, 1.807) is 12.1 Å². The largest absolute Gasteiger partial charge is 0.387 e. The second-order valence-electron chi connectivity index (χ2n) is 4.93. The molecule has 0 bridgehead atoms. The minimum absolute atomic E-state index is 0.0108. The van der Waals surface area contributed by atoms with Crippen LogP contribution in [0.4, 0.5) is 5.69 Å². The van der Waals surface area contributed by atoms with E-state index in [2.05, 4.69) is 0 Å². The van der Waals surface area contributed by atoms with Crippen molar-refractivity contribution in [3.05, 3.63) is 39.9 Å². The quantitative estimate of drug-likeness (QED) is 0.618. The lowest BCUT2D eigenvalue weighted by Gasteiger charge is -2.35. The van der Waals surface area contributed by atoms with E-state index in [0.29, 0.717) is 0 Å². The summed E-state index contributed by atoms with van der Waals surface area (Å²) in [4.78, 5) is 10.00. The van der Waals surface area contributed by atoms with Gasteiger partial charge in [-0.2, -0.15) is 0 Å². The molecule has 2 N–H and O–H groups in total. The minimum Gasteiger partial charge on any atom is -0.387 e. The van der Waals surface area contributed by atoms with Crippen molar-refractivity contribution in [1.29, 1.82) is 0 Å². The van der Waals surface area contributed by atoms with Gasteiger partial charge in [0.25, 0.3) is 5.69 Å². The molecule has 1 aromatic rings.